The third-order valence-corrected chi connectivity index (χ3v) is 8.12. The molecule has 42 heavy (non-hydrogen) atoms. The molecule has 0 saturated carbocycles. The SMILES string of the molecule is Cc1ccc(-[n+]2[c-]n(-c3[c-]cccc3)c3ccccc32)cc1.[Pt+4].[c-]1cccc2c1B1c3[c-]cccc3-c3cccc-2c31. The molecule has 0 saturated heterocycles. The van der Waals surface area contributed by atoms with Gasteiger partial charge in [0.25, 0.3) is 6.33 Å². The molecule has 4 heteroatoms. The van der Waals surface area contributed by atoms with Crippen LogP contribution in [0.1, 0.15) is 5.56 Å². The third-order valence-electron chi connectivity index (χ3n) is 8.12. The van der Waals surface area contributed by atoms with E-state index in [2.05, 4.69) is 132 Å². The van der Waals surface area contributed by atoms with Gasteiger partial charge in [0.2, 0.25) is 0 Å². The number of rotatable bonds is 2. The van der Waals surface area contributed by atoms with Gasteiger partial charge in [-0.1, -0.05) is 76.8 Å². The van der Waals surface area contributed by atoms with E-state index in [4.69, 9.17) is 0 Å². The van der Waals surface area contributed by atoms with Gasteiger partial charge < -0.3 is 4.57 Å². The molecule has 2 aliphatic rings. The van der Waals surface area contributed by atoms with Crippen molar-refractivity contribution in [2.45, 2.75) is 6.92 Å². The molecule has 198 valence electrons. The predicted octanol–water partition coefficient (Wildman–Crippen LogP) is 5.58. The van der Waals surface area contributed by atoms with Crippen molar-refractivity contribution < 1.29 is 25.6 Å². The van der Waals surface area contributed by atoms with E-state index >= 15 is 0 Å². The predicted molar refractivity (Wildman–Crippen MR) is 167 cm³/mol. The minimum atomic E-state index is 0. The maximum Gasteiger partial charge on any atom is 4.00 e. The molecule has 0 N–H and O–H groups in total. The van der Waals surface area contributed by atoms with Crippen molar-refractivity contribution in [3.05, 3.63) is 157 Å². The molecule has 7 aromatic rings. The van der Waals surface area contributed by atoms with E-state index in [9.17, 15) is 0 Å². The number of hydrogen-bond donors (Lipinski definition) is 0. The van der Waals surface area contributed by atoms with E-state index in [-0.39, 0.29) is 21.1 Å². The van der Waals surface area contributed by atoms with Crippen molar-refractivity contribution in [2.24, 2.45) is 0 Å². The second-order valence-corrected chi connectivity index (χ2v) is 10.5. The maximum atomic E-state index is 3.45. The van der Waals surface area contributed by atoms with E-state index in [0.717, 1.165) is 22.4 Å². The number of fused-ring (bicyclic) bond motifs is 7. The molecule has 0 radical (unpaired) electrons. The summed E-state index contributed by atoms with van der Waals surface area (Å²) in [6.45, 7) is 2.44. The zero-order valence-electron chi connectivity index (χ0n) is 22.9. The first-order valence-corrected chi connectivity index (χ1v) is 13.9. The van der Waals surface area contributed by atoms with Crippen LogP contribution < -0.4 is 21.0 Å². The second-order valence-electron chi connectivity index (χ2n) is 10.5. The minimum Gasteiger partial charge on any atom is -0.315 e. The fraction of sp³-hybridized carbons (Fsp3) is 0.0263. The van der Waals surface area contributed by atoms with Crippen molar-refractivity contribution in [3.8, 4) is 33.6 Å². The topological polar surface area (TPSA) is 8.81 Å². The molecule has 2 nitrogen and oxygen atoms in total. The van der Waals surface area contributed by atoms with Gasteiger partial charge in [0, 0.05) is 0 Å². The molecule has 6 aromatic carbocycles. The monoisotopic (exact) mass is 714 g/mol. The summed E-state index contributed by atoms with van der Waals surface area (Å²) in [5, 5.41) is 0. The summed E-state index contributed by atoms with van der Waals surface area (Å²) >= 11 is 0. The Labute approximate surface area is 261 Å². The molecule has 0 atom stereocenters. The molecular formula is C38H24BN2Pt+. The number of hydrogen-bond acceptors (Lipinski definition) is 0. The normalized spacial score (nSPS) is 11.7. The molecule has 0 aliphatic carbocycles. The zero-order chi connectivity index (χ0) is 27.3. The van der Waals surface area contributed by atoms with Crippen LogP contribution in [-0.4, -0.2) is 11.3 Å². The molecule has 0 spiro atoms. The summed E-state index contributed by atoms with van der Waals surface area (Å²) in [6, 6.07) is 54.2. The van der Waals surface area contributed by atoms with Crippen LogP contribution in [0.25, 0.3) is 44.7 Å². The van der Waals surface area contributed by atoms with Gasteiger partial charge in [0.1, 0.15) is 0 Å². The summed E-state index contributed by atoms with van der Waals surface area (Å²) in [5.74, 6) is 0. The molecule has 0 bridgehead atoms. The minimum absolute atomic E-state index is 0. The summed E-state index contributed by atoms with van der Waals surface area (Å²) in [7, 11) is 0. The van der Waals surface area contributed by atoms with Gasteiger partial charge in [-0.05, 0) is 24.7 Å². The van der Waals surface area contributed by atoms with Crippen LogP contribution in [0.5, 0.6) is 0 Å². The standard InChI is InChI=1S/C20H15N2.C18H9B.Pt/c1-16-11-13-18(14-12-16)22-15-21(17-7-3-2-4-8-17)19-9-5-6-10-20(19)22;1-3-10-16-12(6-1)14-8-5-9-15-13-7-2-4-11-17(13)19(16)18(14)15;/h2-7,9-14H,1H3;1-9H;/q-1;-2;+4. The fourth-order valence-corrected chi connectivity index (χ4v) is 6.27. The van der Waals surface area contributed by atoms with Crippen LogP contribution >= 0.6 is 0 Å². The van der Waals surface area contributed by atoms with Crippen molar-refractivity contribution in [2.75, 3.05) is 0 Å². The Morgan fingerprint density at radius 2 is 1.21 bits per heavy atom. The Bertz CT molecular complexity index is 2000. The molecule has 3 heterocycles. The van der Waals surface area contributed by atoms with Crippen LogP contribution in [0.15, 0.2) is 127 Å². The van der Waals surface area contributed by atoms with E-state index in [1.165, 1.54) is 44.2 Å². The molecule has 0 amide bonds. The second kappa shape index (κ2) is 10.7. The summed E-state index contributed by atoms with van der Waals surface area (Å²) in [5.41, 5.74) is 15.1. The summed E-state index contributed by atoms with van der Waals surface area (Å²) < 4.78 is 4.14. The summed E-state index contributed by atoms with van der Waals surface area (Å²) in [4.78, 5) is 0. The van der Waals surface area contributed by atoms with Gasteiger partial charge >= 0.3 is 21.1 Å². The first-order chi connectivity index (χ1) is 20.3. The zero-order valence-corrected chi connectivity index (χ0v) is 25.2. The number of aromatic nitrogens is 2. The number of aryl methyl sites for hydroxylation is 1. The van der Waals surface area contributed by atoms with Crippen molar-refractivity contribution in [1.82, 2.24) is 4.57 Å². The van der Waals surface area contributed by atoms with Gasteiger partial charge in [0.15, 0.2) is 6.71 Å². The molecule has 2 aliphatic heterocycles. The Morgan fingerprint density at radius 1 is 0.595 bits per heavy atom. The molecule has 0 unspecified atom stereocenters. The van der Waals surface area contributed by atoms with Crippen molar-refractivity contribution >= 4 is 34.1 Å². The van der Waals surface area contributed by atoms with Crippen LogP contribution in [0.2, 0.25) is 0 Å². The average molecular weight is 715 g/mol. The Morgan fingerprint density at radius 3 is 1.88 bits per heavy atom. The number of nitrogens with zero attached hydrogens (tertiary/aromatic N) is 2. The van der Waals surface area contributed by atoms with Crippen molar-refractivity contribution in [3.63, 3.8) is 0 Å². The van der Waals surface area contributed by atoms with Crippen LogP contribution in [0.4, 0.5) is 0 Å². The van der Waals surface area contributed by atoms with Gasteiger partial charge in [0.05, 0.1) is 16.7 Å². The van der Waals surface area contributed by atoms with E-state index < -0.39 is 0 Å². The quantitative estimate of drug-likeness (QED) is 0.126. The van der Waals surface area contributed by atoms with Crippen LogP contribution in [-0.2, 0) is 21.1 Å². The molecular weight excluding hydrogens is 690 g/mol. The van der Waals surface area contributed by atoms with Crippen LogP contribution in [0.3, 0.4) is 0 Å². The van der Waals surface area contributed by atoms with Gasteiger partial charge in [-0.25, -0.2) is 0 Å². The Hall–Kier alpha value is -4.46. The largest absolute Gasteiger partial charge is 4.00 e. The van der Waals surface area contributed by atoms with Gasteiger partial charge in [-0.3, -0.25) is 4.57 Å². The maximum absolute atomic E-state index is 3.45. The van der Waals surface area contributed by atoms with E-state index in [1.54, 1.807) is 0 Å². The number of para-hydroxylation sites is 3. The van der Waals surface area contributed by atoms with Gasteiger partial charge in [-0.15, -0.1) is 11.1 Å². The van der Waals surface area contributed by atoms with Crippen LogP contribution in [0, 0.1) is 31.5 Å². The smallest absolute Gasteiger partial charge is 0.315 e. The fourth-order valence-electron chi connectivity index (χ4n) is 6.27. The molecule has 0 fully saturated rings. The van der Waals surface area contributed by atoms with Crippen molar-refractivity contribution in [1.29, 1.82) is 0 Å². The van der Waals surface area contributed by atoms with Gasteiger partial charge in [-0.2, -0.15) is 89.8 Å². The Kier molecular flexibility index (Phi) is 6.77. The van der Waals surface area contributed by atoms with E-state index in [0.29, 0.717) is 6.71 Å². The number of imidazole rings is 1. The molecule has 9 rings (SSSR count). The number of benzene rings is 6. The van der Waals surface area contributed by atoms with E-state index in [1.807, 2.05) is 36.4 Å². The summed E-state index contributed by atoms with van der Waals surface area (Å²) in [6.07, 6.45) is 3.44. The third kappa shape index (κ3) is 4.20. The first-order valence-electron chi connectivity index (χ1n) is 13.9. The average Bonchev–Trinajstić information content (AvgIpc) is 3.70. The molecule has 1 aromatic heterocycles. The Balaban J connectivity index is 0.000000135. The first kappa shape index (κ1) is 26.4.